The Morgan fingerprint density at radius 2 is 2.05 bits per heavy atom. The zero-order valence-corrected chi connectivity index (χ0v) is 11.0. The van der Waals surface area contributed by atoms with E-state index in [-0.39, 0.29) is 11.9 Å². The summed E-state index contributed by atoms with van der Waals surface area (Å²) in [6.45, 7) is 2.27. The summed E-state index contributed by atoms with van der Waals surface area (Å²) in [6.07, 6.45) is -3.92. The second-order valence-corrected chi connectivity index (χ2v) is 4.69. The highest BCUT2D eigenvalue weighted by molar-refractivity contribution is 5.77. The van der Waals surface area contributed by atoms with Crippen LogP contribution in [0.1, 0.15) is 24.5 Å². The Balaban J connectivity index is 2.74. The molecule has 0 bridgehead atoms. The lowest BCUT2D eigenvalue weighted by Crippen LogP contribution is -2.32. The van der Waals surface area contributed by atoms with Gasteiger partial charge in [0.2, 0.25) is 0 Å². The van der Waals surface area contributed by atoms with Crippen LogP contribution in [0.5, 0.6) is 0 Å². The highest BCUT2D eigenvalue weighted by Gasteiger charge is 2.30. The molecule has 3 nitrogen and oxygen atoms in total. The summed E-state index contributed by atoms with van der Waals surface area (Å²) in [7, 11) is 1.80. The SMILES string of the molecule is CC(CC(=N)N)N(C)Cc1cccc(C(F)(F)F)c1. The highest BCUT2D eigenvalue weighted by Crippen LogP contribution is 2.29. The van der Waals surface area contributed by atoms with Gasteiger partial charge in [-0.05, 0) is 25.6 Å². The van der Waals surface area contributed by atoms with Crippen molar-refractivity contribution in [3.05, 3.63) is 35.4 Å². The molecule has 19 heavy (non-hydrogen) atoms. The van der Waals surface area contributed by atoms with Gasteiger partial charge in [-0.25, -0.2) is 0 Å². The average Bonchev–Trinajstić information content (AvgIpc) is 2.27. The number of rotatable bonds is 5. The Labute approximate surface area is 110 Å². The van der Waals surface area contributed by atoms with Gasteiger partial charge in [0.25, 0.3) is 0 Å². The second-order valence-electron chi connectivity index (χ2n) is 4.69. The molecule has 0 aliphatic heterocycles. The number of nitrogens with two attached hydrogens (primary N) is 1. The molecule has 0 amide bonds. The van der Waals surface area contributed by atoms with E-state index in [0.717, 1.165) is 12.1 Å². The lowest BCUT2D eigenvalue weighted by atomic mass is 10.1. The minimum Gasteiger partial charge on any atom is -0.388 e. The summed E-state index contributed by atoms with van der Waals surface area (Å²) in [5.74, 6) is 0.0726. The first-order valence-corrected chi connectivity index (χ1v) is 5.89. The maximum absolute atomic E-state index is 12.6. The van der Waals surface area contributed by atoms with E-state index in [9.17, 15) is 13.2 Å². The molecule has 0 saturated heterocycles. The summed E-state index contributed by atoms with van der Waals surface area (Å²) in [6, 6.07) is 5.28. The number of alkyl halides is 3. The fourth-order valence-electron chi connectivity index (χ4n) is 1.76. The van der Waals surface area contributed by atoms with Gasteiger partial charge in [0.15, 0.2) is 0 Å². The monoisotopic (exact) mass is 273 g/mol. The Bertz CT molecular complexity index is 443. The fourth-order valence-corrected chi connectivity index (χ4v) is 1.76. The number of halogens is 3. The van der Waals surface area contributed by atoms with E-state index in [1.54, 1.807) is 13.1 Å². The number of benzene rings is 1. The van der Waals surface area contributed by atoms with Crippen LogP contribution in [0.4, 0.5) is 13.2 Å². The van der Waals surface area contributed by atoms with Crippen molar-refractivity contribution >= 4 is 5.84 Å². The van der Waals surface area contributed by atoms with Crippen molar-refractivity contribution in [2.24, 2.45) is 5.73 Å². The zero-order chi connectivity index (χ0) is 14.6. The summed E-state index contributed by atoms with van der Waals surface area (Å²) >= 11 is 0. The second kappa shape index (κ2) is 6.06. The average molecular weight is 273 g/mol. The van der Waals surface area contributed by atoms with Gasteiger partial charge >= 0.3 is 6.18 Å². The quantitative estimate of drug-likeness (QED) is 0.640. The predicted molar refractivity (Wildman–Crippen MR) is 68.9 cm³/mol. The van der Waals surface area contributed by atoms with Gasteiger partial charge in [0, 0.05) is 19.0 Å². The molecule has 3 N–H and O–H groups in total. The topological polar surface area (TPSA) is 53.1 Å². The third-order valence-electron chi connectivity index (χ3n) is 2.95. The molecular formula is C13H18F3N3. The molecule has 1 aromatic rings. The minimum atomic E-state index is -4.32. The predicted octanol–water partition coefficient (Wildman–Crippen LogP) is 2.85. The van der Waals surface area contributed by atoms with Crippen LogP contribution in [0.15, 0.2) is 24.3 Å². The van der Waals surface area contributed by atoms with Crippen LogP contribution < -0.4 is 5.73 Å². The Morgan fingerprint density at radius 3 is 2.58 bits per heavy atom. The third kappa shape index (κ3) is 4.90. The third-order valence-corrected chi connectivity index (χ3v) is 2.95. The molecular weight excluding hydrogens is 255 g/mol. The first kappa shape index (κ1) is 15.5. The molecule has 0 fully saturated rings. The molecule has 6 heteroatoms. The van der Waals surface area contributed by atoms with E-state index in [0.29, 0.717) is 18.5 Å². The van der Waals surface area contributed by atoms with E-state index >= 15 is 0 Å². The number of hydrogen-bond donors (Lipinski definition) is 2. The van der Waals surface area contributed by atoms with Crippen LogP contribution in [0.25, 0.3) is 0 Å². The lowest BCUT2D eigenvalue weighted by Gasteiger charge is -2.24. The summed E-state index contributed by atoms with van der Waals surface area (Å²) in [5.41, 5.74) is 5.26. The van der Waals surface area contributed by atoms with Gasteiger partial charge in [-0.1, -0.05) is 18.2 Å². The van der Waals surface area contributed by atoms with Gasteiger partial charge < -0.3 is 5.73 Å². The number of nitrogens with one attached hydrogen (secondary N) is 1. The highest BCUT2D eigenvalue weighted by atomic mass is 19.4. The van der Waals surface area contributed by atoms with Crippen molar-refractivity contribution in [2.45, 2.75) is 32.1 Å². The zero-order valence-electron chi connectivity index (χ0n) is 11.0. The maximum atomic E-state index is 12.6. The molecule has 0 heterocycles. The molecule has 106 valence electrons. The number of nitrogens with zero attached hydrogens (tertiary/aromatic N) is 1. The molecule has 1 unspecified atom stereocenters. The number of hydrogen-bond acceptors (Lipinski definition) is 2. The lowest BCUT2D eigenvalue weighted by molar-refractivity contribution is -0.137. The van der Waals surface area contributed by atoms with Crippen LogP contribution >= 0.6 is 0 Å². The van der Waals surface area contributed by atoms with Crippen LogP contribution in [-0.4, -0.2) is 23.8 Å². The molecule has 1 aromatic carbocycles. The van der Waals surface area contributed by atoms with Crippen molar-refractivity contribution in [3.8, 4) is 0 Å². The Morgan fingerprint density at radius 1 is 1.42 bits per heavy atom. The largest absolute Gasteiger partial charge is 0.416 e. The first-order chi connectivity index (χ1) is 8.70. The van der Waals surface area contributed by atoms with Gasteiger partial charge in [-0.3, -0.25) is 10.3 Å². The minimum absolute atomic E-state index is 0.00652. The first-order valence-electron chi connectivity index (χ1n) is 5.89. The van der Waals surface area contributed by atoms with Crippen LogP contribution in [0, 0.1) is 5.41 Å². The molecule has 0 radical (unpaired) electrons. The van der Waals surface area contributed by atoms with Crippen molar-refractivity contribution in [1.29, 1.82) is 5.41 Å². The van der Waals surface area contributed by atoms with Crippen molar-refractivity contribution < 1.29 is 13.2 Å². The fraction of sp³-hybridized carbons (Fsp3) is 0.462. The van der Waals surface area contributed by atoms with Gasteiger partial charge in [-0.15, -0.1) is 0 Å². The van der Waals surface area contributed by atoms with E-state index < -0.39 is 11.7 Å². The summed E-state index contributed by atoms with van der Waals surface area (Å²) < 4.78 is 37.7. The smallest absolute Gasteiger partial charge is 0.388 e. The van der Waals surface area contributed by atoms with Gasteiger partial charge in [-0.2, -0.15) is 13.2 Å². The van der Waals surface area contributed by atoms with Crippen LogP contribution in [-0.2, 0) is 12.7 Å². The van der Waals surface area contributed by atoms with Crippen molar-refractivity contribution in [3.63, 3.8) is 0 Å². The Hall–Kier alpha value is -1.56. The van der Waals surface area contributed by atoms with E-state index in [4.69, 9.17) is 11.1 Å². The van der Waals surface area contributed by atoms with Gasteiger partial charge in [0.05, 0.1) is 11.4 Å². The van der Waals surface area contributed by atoms with E-state index in [1.807, 2.05) is 11.8 Å². The van der Waals surface area contributed by atoms with Crippen LogP contribution in [0.2, 0.25) is 0 Å². The maximum Gasteiger partial charge on any atom is 0.416 e. The molecule has 0 aromatic heterocycles. The van der Waals surface area contributed by atoms with E-state index in [1.165, 1.54) is 6.07 Å². The van der Waals surface area contributed by atoms with E-state index in [2.05, 4.69) is 0 Å². The molecule has 0 aliphatic carbocycles. The number of amidine groups is 1. The molecule has 1 rings (SSSR count). The molecule has 0 aliphatic rings. The normalized spacial score (nSPS) is 13.6. The van der Waals surface area contributed by atoms with Gasteiger partial charge in [0.1, 0.15) is 0 Å². The van der Waals surface area contributed by atoms with Crippen molar-refractivity contribution in [2.75, 3.05) is 7.05 Å². The molecule has 1 atom stereocenters. The summed E-state index contributed by atoms with van der Waals surface area (Å²) in [5, 5.41) is 7.22. The molecule has 0 saturated carbocycles. The molecule has 0 spiro atoms. The standard InChI is InChI=1S/C13H18F3N3/c1-9(6-12(17)18)19(2)8-10-4-3-5-11(7-10)13(14,15)16/h3-5,7,9H,6,8H2,1-2H3,(H3,17,18). The Kier molecular flexibility index (Phi) is 4.94. The van der Waals surface area contributed by atoms with Crippen LogP contribution in [0.3, 0.4) is 0 Å². The summed E-state index contributed by atoms with van der Waals surface area (Å²) in [4.78, 5) is 1.87. The van der Waals surface area contributed by atoms with Crippen molar-refractivity contribution in [1.82, 2.24) is 4.90 Å².